The van der Waals surface area contributed by atoms with Crippen molar-refractivity contribution in [2.24, 2.45) is 0 Å². The molecule has 0 spiro atoms. The summed E-state index contributed by atoms with van der Waals surface area (Å²) in [5, 5.41) is 14.3. The van der Waals surface area contributed by atoms with Gasteiger partial charge in [0.15, 0.2) is 5.13 Å². The van der Waals surface area contributed by atoms with Crippen LogP contribution in [0.15, 0.2) is 34.6 Å². The number of carbonyl (C=O) groups is 3. The van der Waals surface area contributed by atoms with Crippen LogP contribution in [-0.4, -0.2) is 57.0 Å². The highest BCUT2D eigenvalue weighted by Crippen LogP contribution is 2.27. The highest BCUT2D eigenvalue weighted by molar-refractivity contribution is 7.14. The lowest BCUT2D eigenvalue weighted by molar-refractivity contribution is -0.134. The lowest BCUT2D eigenvalue weighted by Crippen LogP contribution is -2.41. The Bertz CT molecular complexity index is 1440. The fourth-order valence-corrected chi connectivity index (χ4v) is 4.92. The number of anilines is 2. The molecule has 0 saturated carbocycles. The molecule has 194 valence electrons. The quantitative estimate of drug-likeness (QED) is 0.351. The Hall–Kier alpha value is -4.06. The van der Waals surface area contributed by atoms with Gasteiger partial charge in [-0.25, -0.2) is 14.8 Å². The van der Waals surface area contributed by atoms with Crippen LogP contribution in [0.3, 0.4) is 0 Å². The molecule has 37 heavy (non-hydrogen) atoms. The number of ether oxygens (including phenoxy) is 1. The first-order valence-electron chi connectivity index (χ1n) is 11.7. The molecule has 3 aromatic rings. The van der Waals surface area contributed by atoms with E-state index in [4.69, 9.17) is 9.84 Å². The van der Waals surface area contributed by atoms with Crippen molar-refractivity contribution in [3.63, 3.8) is 0 Å². The monoisotopic (exact) mass is 525 g/mol. The number of pyridine rings is 1. The number of carbonyl (C=O) groups excluding carboxylic acids is 2. The van der Waals surface area contributed by atoms with Crippen LogP contribution in [0.5, 0.6) is 0 Å². The Morgan fingerprint density at radius 1 is 1.30 bits per heavy atom. The average molecular weight is 526 g/mol. The minimum atomic E-state index is -1.21. The molecule has 0 bridgehead atoms. The summed E-state index contributed by atoms with van der Waals surface area (Å²) in [4.78, 5) is 59.2. The van der Waals surface area contributed by atoms with Crippen LogP contribution in [0, 0.1) is 0 Å². The minimum absolute atomic E-state index is 0.0846. The minimum Gasteiger partial charge on any atom is -0.478 e. The van der Waals surface area contributed by atoms with Crippen LogP contribution in [0.1, 0.15) is 55.2 Å². The molecular weight excluding hydrogens is 498 g/mol. The predicted molar refractivity (Wildman–Crippen MR) is 139 cm³/mol. The first-order chi connectivity index (χ1) is 17.6. The molecule has 0 aromatic carbocycles. The highest BCUT2D eigenvalue weighted by Gasteiger charge is 2.26. The van der Waals surface area contributed by atoms with Gasteiger partial charge in [0.2, 0.25) is 0 Å². The van der Waals surface area contributed by atoms with Gasteiger partial charge >= 0.3 is 5.97 Å². The molecule has 1 atom stereocenters. The van der Waals surface area contributed by atoms with Crippen molar-refractivity contribution in [2.75, 3.05) is 23.3 Å². The van der Waals surface area contributed by atoms with Gasteiger partial charge in [0, 0.05) is 35.2 Å². The second-order valence-electron chi connectivity index (χ2n) is 9.65. The summed E-state index contributed by atoms with van der Waals surface area (Å²) in [6, 6.07) is 2.98. The molecule has 2 N–H and O–H groups in total. The Morgan fingerprint density at radius 2 is 2.08 bits per heavy atom. The van der Waals surface area contributed by atoms with Gasteiger partial charge in [-0.05, 0) is 31.1 Å². The number of carboxylic acid groups (broad SMARTS) is 1. The van der Waals surface area contributed by atoms with Crippen molar-refractivity contribution in [1.82, 2.24) is 14.4 Å². The summed E-state index contributed by atoms with van der Waals surface area (Å²) in [5.41, 5.74) is 0.803. The second kappa shape index (κ2) is 10.5. The first-order valence-corrected chi connectivity index (χ1v) is 12.5. The summed E-state index contributed by atoms with van der Waals surface area (Å²) < 4.78 is 6.37. The van der Waals surface area contributed by atoms with E-state index < -0.39 is 17.4 Å². The van der Waals surface area contributed by atoms with Gasteiger partial charge < -0.3 is 14.7 Å². The normalized spacial score (nSPS) is 16.2. The van der Waals surface area contributed by atoms with Gasteiger partial charge in [-0.3, -0.25) is 24.1 Å². The van der Waals surface area contributed by atoms with Gasteiger partial charge in [-0.2, -0.15) is 0 Å². The molecule has 3 aromatic heterocycles. The number of aliphatic carboxylic acids is 1. The molecule has 0 unspecified atom stereocenters. The van der Waals surface area contributed by atoms with Gasteiger partial charge in [0.05, 0.1) is 17.8 Å². The fourth-order valence-electron chi connectivity index (χ4n) is 3.99. The topological polar surface area (TPSA) is 143 Å². The van der Waals surface area contributed by atoms with E-state index in [9.17, 15) is 19.2 Å². The Balaban J connectivity index is 1.72. The number of fused-ring (bicyclic) bond motifs is 1. The predicted octanol–water partition coefficient (Wildman–Crippen LogP) is 2.94. The third-order valence-corrected chi connectivity index (χ3v) is 6.68. The lowest BCUT2D eigenvalue weighted by Gasteiger charge is -2.33. The molecule has 11 nitrogen and oxygen atoms in total. The number of aromatic nitrogens is 3. The van der Waals surface area contributed by atoms with E-state index in [1.807, 2.05) is 26.2 Å². The second-order valence-corrected chi connectivity index (χ2v) is 10.5. The Labute approximate surface area is 216 Å². The molecular formula is C25H27N5O6S. The maximum atomic E-state index is 13.3. The zero-order valence-corrected chi connectivity index (χ0v) is 21.4. The summed E-state index contributed by atoms with van der Waals surface area (Å²) in [6.45, 7) is 7.33. The molecule has 1 aliphatic rings. The lowest BCUT2D eigenvalue weighted by atomic mass is 9.93. The maximum absolute atomic E-state index is 13.3. The van der Waals surface area contributed by atoms with E-state index in [0.29, 0.717) is 37.5 Å². The molecule has 4 heterocycles. The van der Waals surface area contributed by atoms with Crippen molar-refractivity contribution in [3.05, 3.63) is 57.0 Å². The van der Waals surface area contributed by atoms with Gasteiger partial charge in [0.1, 0.15) is 17.6 Å². The van der Waals surface area contributed by atoms with Gasteiger partial charge in [-0.15, -0.1) is 11.3 Å². The van der Waals surface area contributed by atoms with Crippen molar-refractivity contribution in [2.45, 2.75) is 45.1 Å². The number of amides is 1. The maximum Gasteiger partial charge on any atom is 0.328 e. The average Bonchev–Trinajstić information content (AvgIpc) is 3.32. The standard InChI is InChI=1S/C25H27N5O6S/c1-25(2,3)18-13-37-24(26-18)28-22(34)15-8-10-30-19(11-15)27-21(17(23(30)35)6-7-20(32)33)29-9-4-5-16(12-29)36-14-31/h6-8,10-11,13-14,16H,4-5,9,12H2,1-3H3,(H,32,33)(H,26,28,34)/t16-/m1/s1. The number of nitrogens with one attached hydrogen (secondary N) is 1. The molecule has 0 aliphatic carbocycles. The van der Waals surface area contributed by atoms with E-state index in [2.05, 4.69) is 15.3 Å². The molecule has 1 saturated heterocycles. The van der Waals surface area contributed by atoms with Crippen LogP contribution in [0.2, 0.25) is 0 Å². The number of rotatable bonds is 7. The number of hydrogen-bond donors (Lipinski definition) is 2. The number of hydrogen-bond acceptors (Lipinski definition) is 9. The summed E-state index contributed by atoms with van der Waals surface area (Å²) in [7, 11) is 0. The van der Waals surface area contributed by atoms with Gasteiger partial charge in [0.25, 0.3) is 17.9 Å². The first kappa shape index (κ1) is 26.0. The van der Waals surface area contributed by atoms with E-state index in [1.165, 1.54) is 40.1 Å². The highest BCUT2D eigenvalue weighted by atomic mass is 32.1. The zero-order valence-electron chi connectivity index (χ0n) is 20.6. The largest absolute Gasteiger partial charge is 0.478 e. The van der Waals surface area contributed by atoms with Crippen LogP contribution in [0.4, 0.5) is 10.9 Å². The smallest absolute Gasteiger partial charge is 0.328 e. The van der Waals surface area contributed by atoms with E-state index in [0.717, 1.165) is 11.8 Å². The summed E-state index contributed by atoms with van der Waals surface area (Å²) >= 11 is 1.33. The molecule has 12 heteroatoms. The fraction of sp³-hybridized carbons (Fsp3) is 0.360. The molecule has 1 amide bonds. The summed E-state index contributed by atoms with van der Waals surface area (Å²) in [6.07, 6.45) is 4.49. The van der Waals surface area contributed by atoms with Crippen molar-refractivity contribution < 1.29 is 24.2 Å². The summed E-state index contributed by atoms with van der Waals surface area (Å²) in [5.74, 6) is -1.35. The van der Waals surface area contributed by atoms with E-state index >= 15 is 0 Å². The number of carboxylic acids is 1. The zero-order chi connectivity index (χ0) is 26.7. The third-order valence-electron chi connectivity index (χ3n) is 5.92. The van der Waals surface area contributed by atoms with E-state index in [1.54, 1.807) is 4.90 Å². The van der Waals surface area contributed by atoms with Crippen molar-refractivity contribution in [1.29, 1.82) is 0 Å². The molecule has 4 rings (SSSR count). The van der Waals surface area contributed by atoms with Crippen LogP contribution >= 0.6 is 11.3 Å². The number of thiazole rings is 1. The van der Waals surface area contributed by atoms with Crippen molar-refractivity contribution >= 4 is 52.4 Å². The van der Waals surface area contributed by atoms with Crippen LogP contribution in [0.25, 0.3) is 11.7 Å². The molecule has 1 fully saturated rings. The van der Waals surface area contributed by atoms with Crippen molar-refractivity contribution in [3.8, 4) is 0 Å². The number of nitrogens with zero attached hydrogens (tertiary/aromatic N) is 4. The van der Waals surface area contributed by atoms with Crippen LogP contribution in [-0.2, 0) is 19.7 Å². The Morgan fingerprint density at radius 3 is 2.76 bits per heavy atom. The van der Waals surface area contributed by atoms with Crippen LogP contribution < -0.4 is 15.8 Å². The van der Waals surface area contributed by atoms with Gasteiger partial charge in [-0.1, -0.05) is 20.8 Å². The molecule has 1 aliphatic heterocycles. The van der Waals surface area contributed by atoms with E-state index in [-0.39, 0.29) is 34.1 Å². The number of piperidine rings is 1. The SMILES string of the molecule is CC(C)(C)c1csc(NC(=O)c2ccn3c(=O)c(C=CC(=O)O)c(N4CCC[C@@H](OC=O)C4)nc3c2)n1. The molecule has 0 radical (unpaired) electrons. The Kier molecular flexibility index (Phi) is 7.39. The third kappa shape index (κ3) is 5.85.